The Bertz CT molecular complexity index is 1100. The molecule has 0 bridgehead atoms. The second kappa shape index (κ2) is 9.53. The Morgan fingerprint density at radius 1 is 1.06 bits per heavy atom. The van der Waals surface area contributed by atoms with Crippen LogP contribution in [0.4, 0.5) is 0 Å². The summed E-state index contributed by atoms with van der Waals surface area (Å²) in [4.78, 5) is 27.2. The van der Waals surface area contributed by atoms with Crippen LogP contribution in [-0.2, 0) is 16.1 Å². The monoisotopic (exact) mass is 433 g/mol. The summed E-state index contributed by atoms with van der Waals surface area (Å²) >= 11 is 0. The van der Waals surface area contributed by atoms with E-state index in [-0.39, 0.29) is 24.5 Å². The Hall–Kier alpha value is -3.84. The largest absolute Gasteiger partial charge is 0.503 e. The molecule has 1 unspecified atom stereocenters. The molecule has 0 aliphatic carbocycles. The second-order valence-corrected chi connectivity index (χ2v) is 7.31. The van der Waals surface area contributed by atoms with Crippen LogP contribution >= 0.6 is 0 Å². The normalized spacial score (nSPS) is 16.0. The summed E-state index contributed by atoms with van der Waals surface area (Å²) in [5.41, 5.74) is 1.70. The Morgan fingerprint density at radius 3 is 2.47 bits per heavy atom. The van der Waals surface area contributed by atoms with Gasteiger partial charge in [0.1, 0.15) is 12.4 Å². The number of rotatable bonds is 9. The van der Waals surface area contributed by atoms with Gasteiger partial charge in [0, 0.05) is 13.7 Å². The molecule has 0 saturated heterocycles. The van der Waals surface area contributed by atoms with Crippen LogP contribution in [0.2, 0.25) is 0 Å². The first-order valence-corrected chi connectivity index (χ1v) is 10.2. The van der Waals surface area contributed by atoms with Crippen molar-refractivity contribution in [1.82, 2.24) is 4.90 Å². The average molecular weight is 433 g/mol. The first kappa shape index (κ1) is 21.4. The summed E-state index contributed by atoms with van der Waals surface area (Å²) in [5, 5.41) is 10.6. The second-order valence-electron chi connectivity index (χ2n) is 7.31. The fourth-order valence-corrected chi connectivity index (χ4v) is 3.68. The van der Waals surface area contributed by atoms with Gasteiger partial charge in [0.15, 0.2) is 11.5 Å². The number of aliphatic hydroxyl groups is 1. The van der Waals surface area contributed by atoms with Gasteiger partial charge in [0.05, 0.1) is 24.5 Å². The third-order valence-corrected chi connectivity index (χ3v) is 5.27. The van der Waals surface area contributed by atoms with Crippen LogP contribution in [0.15, 0.2) is 88.7 Å². The van der Waals surface area contributed by atoms with Crippen molar-refractivity contribution in [2.75, 3.05) is 20.3 Å². The van der Waals surface area contributed by atoms with Crippen LogP contribution in [0.1, 0.15) is 27.7 Å². The van der Waals surface area contributed by atoms with Crippen molar-refractivity contribution in [1.29, 1.82) is 0 Å². The summed E-state index contributed by atoms with van der Waals surface area (Å²) in [6.07, 6.45) is 1.37. The number of aliphatic hydroxyl groups excluding tert-OH is 1. The number of Topliss-reactive ketones (excluding diaryl/α,β-unsaturated/α-hetero) is 1. The van der Waals surface area contributed by atoms with Crippen LogP contribution in [0.3, 0.4) is 0 Å². The molecule has 4 rings (SSSR count). The number of hydrogen-bond donors (Lipinski definition) is 1. The smallest absolute Gasteiger partial charge is 0.290 e. The predicted molar refractivity (Wildman–Crippen MR) is 116 cm³/mol. The van der Waals surface area contributed by atoms with E-state index in [1.54, 1.807) is 30.3 Å². The van der Waals surface area contributed by atoms with Crippen LogP contribution < -0.4 is 4.74 Å². The number of ether oxygens (including phenoxy) is 2. The van der Waals surface area contributed by atoms with Gasteiger partial charge in [0.2, 0.25) is 5.78 Å². The van der Waals surface area contributed by atoms with E-state index in [0.29, 0.717) is 17.9 Å². The van der Waals surface area contributed by atoms with E-state index >= 15 is 0 Å². The number of carbonyl (C=O) groups is 2. The number of amides is 1. The van der Waals surface area contributed by atoms with E-state index in [0.717, 1.165) is 5.56 Å². The predicted octanol–water partition coefficient (Wildman–Crippen LogP) is 4.08. The third kappa shape index (κ3) is 4.29. The van der Waals surface area contributed by atoms with Crippen LogP contribution in [-0.4, -0.2) is 42.0 Å². The van der Waals surface area contributed by atoms with E-state index in [9.17, 15) is 14.7 Å². The van der Waals surface area contributed by atoms with Crippen molar-refractivity contribution in [3.05, 3.63) is 101 Å². The number of benzene rings is 2. The number of carbonyl (C=O) groups excluding carboxylic acids is 2. The third-order valence-electron chi connectivity index (χ3n) is 5.27. The molecular formula is C25H23NO6. The molecule has 1 aliphatic rings. The molecule has 1 N–H and O–H groups in total. The molecule has 164 valence electrons. The topological polar surface area (TPSA) is 89.2 Å². The van der Waals surface area contributed by atoms with E-state index < -0.39 is 23.5 Å². The maximum absolute atomic E-state index is 13.0. The highest BCUT2D eigenvalue weighted by Crippen LogP contribution is 2.39. The molecule has 7 nitrogen and oxygen atoms in total. The first-order valence-electron chi connectivity index (χ1n) is 10.2. The van der Waals surface area contributed by atoms with E-state index in [2.05, 4.69) is 0 Å². The molecule has 1 atom stereocenters. The number of nitrogens with zero attached hydrogens (tertiary/aromatic N) is 1. The van der Waals surface area contributed by atoms with E-state index in [4.69, 9.17) is 13.9 Å². The van der Waals surface area contributed by atoms with Gasteiger partial charge in [-0.25, -0.2) is 0 Å². The summed E-state index contributed by atoms with van der Waals surface area (Å²) in [6.45, 7) is 0.895. The minimum Gasteiger partial charge on any atom is -0.503 e. The van der Waals surface area contributed by atoms with E-state index in [1.165, 1.54) is 24.3 Å². The van der Waals surface area contributed by atoms with Crippen LogP contribution in [0, 0.1) is 0 Å². The van der Waals surface area contributed by atoms with Crippen LogP contribution in [0.25, 0.3) is 0 Å². The Balaban J connectivity index is 1.61. The highest BCUT2D eigenvalue weighted by atomic mass is 16.5. The molecule has 1 amide bonds. The lowest BCUT2D eigenvalue weighted by Gasteiger charge is -2.26. The lowest BCUT2D eigenvalue weighted by atomic mass is 9.95. The summed E-state index contributed by atoms with van der Waals surface area (Å²) < 4.78 is 16.2. The summed E-state index contributed by atoms with van der Waals surface area (Å²) in [5.74, 6) is -1.02. The van der Waals surface area contributed by atoms with Gasteiger partial charge in [-0.3, -0.25) is 9.59 Å². The number of methoxy groups -OCH3 is 1. The first-order chi connectivity index (χ1) is 15.6. The Labute approximate surface area is 185 Å². The minimum atomic E-state index is -0.765. The summed E-state index contributed by atoms with van der Waals surface area (Å²) in [7, 11) is 1.52. The molecular weight excluding hydrogens is 410 g/mol. The maximum atomic E-state index is 13.0. The number of ketones is 1. The van der Waals surface area contributed by atoms with Gasteiger partial charge < -0.3 is 23.9 Å². The van der Waals surface area contributed by atoms with Gasteiger partial charge in [-0.05, 0) is 35.4 Å². The number of hydrogen-bond acceptors (Lipinski definition) is 6. The molecule has 3 aromatic rings. The number of furan rings is 1. The zero-order valence-corrected chi connectivity index (χ0v) is 17.6. The van der Waals surface area contributed by atoms with Gasteiger partial charge in [0.25, 0.3) is 5.91 Å². The van der Waals surface area contributed by atoms with Gasteiger partial charge >= 0.3 is 0 Å². The van der Waals surface area contributed by atoms with Crippen molar-refractivity contribution >= 4 is 11.7 Å². The molecule has 2 aromatic carbocycles. The van der Waals surface area contributed by atoms with E-state index in [1.807, 2.05) is 30.3 Å². The van der Waals surface area contributed by atoms with Crippen molar-refractivity contribution in [2.45, 2.75) is 12.6 Å². The fourth-order valence-electron chi connectivity index (χ4n) is 3.68. The zero-order chi connectivity index (χ0) is 22.5. The highest BCUT2D eigenvalue weighted by Gasteiger charge is 2.44. The molecule has 0 radical (unpaired) electrons. The summed E-state index contributed by atoms with van der Waals surface area (Å²) in [6, 6.07) is 19.2. The standard InChI is InChI=1S/C25H23NO6/c1-30-15-13-26-22(21(24(28)25(26)29)23(27)20-8-5-14-31-20)18-9-11-19(12-10-18)32-16-17-6-3-2-4-7-17/h2-12,14,22,28H,13,15-16H2,1H3. The fraction of sp³-hybridized carbons (Fsp3) is 0.200. The molecule has 0 saturated carbocycles. The van der Waals surface area contributed by atoms with Crippen molar-refractivity contribution in [2.24, 2.45) is 0 Å². The SMILES string of the molecule is COCCN1C(=O)C(O)=C(C(=O)c2ccco2)C1c1ccc(OCc2ccccc2)cc1. The molecule has 7 heteroatoms. The molecule has 1 aromatic heterocycles. The molecule has 1 aliphatic heterocycles. The molecule has 2 heterocycles. The van der Waals surface area contributed by atoms with Crippen LogP contribution in [0.5, 0.6) is 5.75 Å². The molecule has 0 spiro atoms. The minimum absolute atomic E-state index is 0.0148. The molecule has 32 heavy (non-hydrogen) atoms. The Kier molecular flexibility index (Phi) is 6.37. The lowest BCUT2D eigenvalue weighted by molar-refractivity contribution is -0.130. The lowest BCUT2D eigenvalue weighted by Crippen LogP contribution is -2.33. The molecule has 0 fully saturated rings. The van der Waals surface area contributed by atoms with Gasteiger partial charge in [-0.2, -0.15) is 0 Å². The highest BCUT2D eigenvalue weighted by molar-refractivity contribution is 6.15. The zero-order valence-electron chi connectivity index (χ0n) is 17.6. The maximum Gasteiger partial charge on any atom is 0.290 e. The quantitative estimate of drug-likeness (QED) is 0.512. The van der Waals surface area contributed by atoms with Gasteiger partial charge in [-0.15, -0.1) is 0 Å². The van der Waals surface area contributed by atoms with Crippen molar-refractivity contribution in [3.8, 4) is 5.75 Å². The van der Waals surface area contributed by atoms with Crippen molar-refractivity contribution < 1.29 is 28.6 Å². The average Bonchev–Trinajstić information content (AvgIpc) is 3.45. The Morgan fingerprint density at radius 2 is 1.81 bits per heavy atom. The van der Waals surface area contributed by atoms with Gasteiger partial charge in [-0.1, -0.05) is 42.5 Å². The van der Waals surface area contributed by atoms with Crippen molar-refractivity contribution in [3.63, 3.8) is 0 Å².